The number of aryl methyl sites for hydroxylation is 1. The molecular formula is C17H19FN2OS. The second-order valence-corrected chi connectivity index (χ2v) is 6.86. The third-order valence-electron chi connectivity index (χ3n) is 3.93. The fourth-order valence-electron chi connectivity index (χ4n) is 2.74. The van der Waals surface area contributed by atoms with Crippen LogP contribution in [-0.4, -0.2) is 25.0 Å². The molecular weight excluding hydrogens is 299 g/mol. The highest BCUT2D eigenvalue weighted by atomic mass is 32.1. The Morgan fingerprint density at radius 1 is 1.36 bits per heavy atom. The Labute approximate surface area is 133 Å². The number of amides is 1. The molecule has 1 aliphatic heterocycles. The van der Waals surface area contributed by atoms with Crippen molar-refractivity contribution in [3.63, 3.8) is 0 Å². The Morgan fingerprint density at radius 3 is 2.82 bits per heavy atom. The Kier molecular flexibility index (Phi) is 4.55. The van der Waals surface area contributed by atoms with Gasteiger partial charge in [-0.3, -0.25) is 4.79 Å². The first-order valence-corrected chi connectivity index (χ1v) is 8.33. The van der Waals surface area contributed by atoms with Crippen LogP contribution in [0.25, 0.3) is 11.1 Å². The number of thiophene rings is 1. The Balaban J connectivity index is 1.76. The molecule has 1 saturated heterocycles. The minimum Gasteiger partial charge on any atom is -0.347 e. The van der Waals surface area contributed by atoms with Gasteiger partial charge in [0.2, 0.25) is 0 Å². The van der Waals surface area contributed by atoms with E-state index in [2.05, 4.69) is 10.6 Å². The molecule has 22 heavy (non-hydrogen) atoms. The molecule has 1 amide bonds. The van der Waals surface area contributed by atoms with Crippen LogP contribution in [0.2, 0.25) is 0 Å². The summed E-state index contributed by atoms with van der Waals surface area (Å²) in [6, 6.07) is 8.49. The first-order valence-electron chi connectivity index (χ1n) is 7.51. The average molecular weight is 318 g/mol. The lowest BCUT2D eigenvalue weighted by Crippen LogP contribution is -2.45. The predicted octanol–water partition coefficient (Wildman–Crippen LogP) is 3.34. The number of benzene rings is 1. The van der Waals surface area contributed by atoms with Gasteiger partial charge in [0.1, 0.15) is 5.82 Å². The molecule has 5 heteroatoms. The van der Waals surface area contributed by atoms with Crippen molar-refractivity contribution in [2.75, 3.05) is 13.1 Å². The normalized spacial score (nSPS) is 18.2. The second kappa shape index (κ2) is 6.58. The maximum atomic E-state index is 13.0. The molecule has 3 rings (SSSR count). The van der Waals surface area contributed by atoms with E-state index in [-0.39, 0.29) is 17.8 Å². The van der Waals surface area contributed by atoms with E-state index in [1.807, 2.05) is 13.0 Å². The first-order chi connectivity index (χ1) is 10.6. The molecule has 1 aliphatic rings. The van der Waals surface area contributed by atoms with Crippen LogP contribution in [0.1, 0.15) is 27.4 Å². The van der Waals surface area contributed by atoms with Gasteiger partial charge < -0.3 is 10.6 Å². The lowest BCUT2D eigenvalue weighted by Gasteiger charge is -2.23. The lowest BCUT2D eigenvalue weighted by atomic mass is 10.1. The van der Waals surface area contributed by atoms with Crippen molar-refractivity contribution in [2.45, 2.75) is 25.8 Å². The van der Waals surface area contributed by atoms with E-state index in [9.17, 15) is 9.18 Å². The maximum absolute atomic E-state index is 13.0. The van der Waals surface area contributed by atoms with E-state index in [1.165, 1.54) is 23.5 Å². The van der Waals surface area contributed by atoms with Crippen molar-refractivity contribution < 1.29 is 9.18 Å². The second-order valence-electron chi connectivity index (χ2n) is 5.60. The summed E-state index contributed by atoms with van der Waals surface area (Å²) < 4.78 is 13.0. The zero-order valence-corrected chi connectivity index (χ0v) is 13.3. The van der Waals surface area contributed by atoms with Gasteiger partial charge in [-0.1, -0.05) is 12.1 Å². The van der Waals surface area contributed by atoms with Crippen molar-refractivity contribution in [3.8, 4) is 11.1 Å². The molecule has 1 unspecified atom stereocenters. The number of carbonyl (C=O) groups is 1. The fourth-order valence-corrected chi connectivity index (χ4v) is 3.69. The van der Waals surface area contributed by atoms with E-state index < -0.39 is 0 Å². The number of hydrogen-bond acceptors (Lipinski definition) is 3. The highest BCUT2D eigenvalue weighted by molar-refractivity contribution is 7.14. The Morgan fingerprint density at radius 2 is 2.14 bits per heavy atom. The SMILES string of the molecule is Cc1sc(C(=O)NC2CCCNC2)cc1-c1ccc(F)cc1. The molecule has 0 aliphatic carbocycles. The van der Waals surface area contributed by atoms with Gasteiger partial charge in [-0.15, -0.1) is 11.3 Å². The van der Waals surface area contributed by atoms with Crippen LogP contribution >= 0.6 is 11.3 Å². The monoisotopic (exact) mass is 318 g/mol. The summed E-state index contributed by atoms with van der Waals surface area (Å²) in [5.41, 5.74) is 1.94. The molecule has 3 nitrogen and oxygen atoms in total. The Bertz CT molecular complexity index is 660. The summed E-state index contributed by atoms with van der Waals surface area (Å²) in [7, 11) is 0. The summed E-state index contributed by atoms with van der Waals surface area (Å²) in [5, 5.41) is 6.38. The molecule has 1 fully saturated rings. The minimum atomic E-state index is -0.251. The molecule has 1 aromatic heterocycles. The van der Waals surface area contributed by atoms with Gasteiger partial charge in [-0.05, 0) is 55.6 Å². The largest absolute Gasteiger partial charge is 0.347 e. The van der Waals surface area contributed by atoms with Crippen LogP contribution in [0.15, 0.2) is 30.3 Å². The van der Waals surface area contributed by atoms with Crippen molar-refractivity contribution in [1.82, 2.24) is 10.6 Å². The molecule has 0 radical (unpaired) electrons. The molecule has 1 atom stereocenters. The van der Waals surface area contributed by atoms with Gasteiger partial charge >= 0.3 is 0 Å². The van der Waals surface area contributed by atoms with Crippen LogP contribution in [0.5, 0.6) is 0 Å². The predicted molar refractivity (Wildman–Crippen MR) is 87.8 cm³/mol. The molecule has 2 N–H and O–H groups in total. The minimum absolute atomic E-state index is 0.0184. The quantitative estimate of drug-likeness (QED) is 0.911. The summed E-state index contributed by atoms with van der Waals surface area (Å²) in [5.74, 6) is -0.269. The third kappa shape index (κ3) is 3.36. The molecule has 1 aromatic carbocycles. The van der Waals surface area contributed by atoms with Crippen molar-refractivity contribution in [3.05, 3.63) is 45.9 Å². The highest BCUT2D eigenvalue weighted by Crippen LogP contribution is 2.31. The van der Waals surface area contributed by atoms with Crippen LogP contribution in [0.3, 0.4) is 0 Å². The third-order valence-corrected chi connectivity index (χ3v) is 4.98. The van der Waals surface area contributed by atoms with E-state index in [4.69, 9.17) is 0 Å². The zero-order chi connectivity index (χ0) is 15.5. The molecule has 116 valence electrons. The smallest absolute Gasteiger partial charge is 0.261 e. The van der Waals surface area contributed by atoms with Gasteiger partial charge in [0.05, 0.1) is 4.88 Å². The molecule has 0 bridgehead atoms. The maximum Gasteiger partial charge on any atom is 0.261 e. The number of halogens is 1. The molecule has 2 heterocycles. The van der Waals surface area contributed by atoms with E-state index in [1.54, 1.807) is 12.1 Å². The average Bonchev–Trinajstić information content (AvgIpc) is 2.91. The van der Waals surface area contributed by atoms with Crippen molar-refractivity contribution in [1.29, 1.82) is 0 Å². The fraction of sp³-hybridized carbons (Fsp3) is 0.353. The summed E-state index contributed by atoms with van der Waals surface area (Å²) in [6.45, 7) is 3.85. The van der Waals surface area contributed by atoms with Gasteiger partial charge in [0.15, 0.2) is 0 Å². The van der Waals surface area contributed by atoms with Crippen LogP contribution in [0, 0.1) is 12.7 Å². The standard InChI is InChI=1S/C17H19FN2OS/c1-11-15(12-4-6-13(18)7-5-12)9-16(22-11)17(21)20-14-3-2-8-19-10-14/h4-7,9,14,19H,2-3,8,10H2,1H3,(H,20,21). The highest BCUT2D eigenvalue weighted by Gasteiger charge is 2.19. The number of carbonyl (C=O) groups excluding carboxylic acids is 1. The number of piperidine rings is 1. The van der Waals surface area contributed by atoms with Crippen molar-refractivity contribution >= 4 is 17.2 Å². The number of rotatable bonds is 3. The summed E-state index contributed by atoms with van der Waals surface area (Å²) in [4.78, 5) is 14.2. The van der Waals surface area contributed by atoms with Crippen molar-refractivity contribution in [2.24, 2.45) is 0 Å². The van der Waals surface area contributed by atoms with Crippen LogP contribution in [0.4, 0.5) is 4.39 Å². The van der Waals surface area contributed by atoms with Gasteiger partial charge in [-0.25, -0.2) is 4.39 Å². The Hall–Kier alpha value is -1.72. The summed E-state index contributed by atoms with van der Waals surface area (Å²) >= 11 is 1.48. The molecule has 0 saturated carbocycles. The van der Waals surface area contributed by atoms with Gasteiger partial charge in [0.25, 0.3) is 5.91 Å². The van der Waals surface area contributed by atoms with E-state index >= 15 is 0 Å². The van der Waals surface area contributed by atoms with Gasteiger partial charge in [0, 0.05) is 17.5 Å². The van der Waals surface area contributed by atoms with E-state index in [0.29, 0.717) is 4.88 Å². The van der Waals surface area contributed by atoms with Crippen LogP contribution in [-0.2, 0) is 0 Å². The number of hydrogen-bond donors (Lipinski definition) is 2. The topological polar surface area (TPSA) is 41.1 Å². The molecule has 2 aromatic rings. The van der Waals surface area contributed by atoms with E-state index in [0.717, 1.165) is 41.9 Å². The number of nitrogens with one attached hydrogen (secondary N) is 2. The van der Waals surface area contributed by atoms with Crippen LogP contribution < -0.4 is 10.6 Å². The zero-order valence-electron chi connectivity index (χ0n) is 12.5. The van der Waals surface area contributed by atoms with Gasteiger partial charge in [-0.2, -0.15) is 0 Å². The lowest BCUT2D eigenvalue weighted by molar-refractivity contribution is 0.0935. The molecule has 0 spiro atoms. The summed E-state index contributed by atoms with van der Waals surface area (Å²) in [6.07, 6.45) is 2.11. The first kappa shape index (κ1) is 15.2.